The van der Waals surface area contributed by atoms with Crippen LogP contribution in [0.5, 0.6) is 0 Å². The summed E-state index contributed by atoms with van der Waals surface area (Å²) < 4.78 is 2.80. The van der Waals surface area contributed by atoms with Gasteiger partial charge in [-0.25, -0.2) is 0 Å². The number of aromatic nitrogens is 2. The molecule has 4 heteroatoms. The Hall–Kier alpha value is 0.170. The summed E-state index contributed by atoms with van der Waals surface area (Å²) in [6.07, 6.45) is 4.29. The molecular formula is C7H10Br2N2. The Labute approximate surface area is 83.2 Å². The molecule has 0 saturated heterocycles. The quantitative estimate of drug-likeness (QED) is 0.779. The first-order valence-corrected chi connectivity index (χ1v) is 5.39. The molecule has 0 unspecified atom stereocenters. The van der Waals surface area contributed by atoms with Crippen molar-refractivity contribution in [3.63, 3.8) is 0 Å². The summed E-state index contributed by atoms with van der Waals surface area (Å²) in [5.41, 5.74) is 1.28. The Balaban J connectivity index is 2.62. The second kappa shape index (κ2) is 4.26. The number of hydrogen-bond donors (Lipinski definition) is 0. The molecule has 0 aliphatic heterocycles. The van der Waals surface area contributed by atoms with E-state index in [1.54, 1.807) is 0 Å². The van der Waals surface area contributed by atoms with Crippen molar-refractivity contribution < 1.29 is 0 Å². The van der Waals surface area contributed by atoms with Crippen LogP contribution >= 0.6 is 31.9 Å². The van der Waals surface area contributed by atoms with Gasteiger partial charge in [-0.15, -0.1) is 0 Å². The number of alkyl halides is 1. The molecule has 62 valence electrons. The minimum absolute atomic E-state index is 0.973. The van der Waals surface area contributed by atoms with Gasteiger partial charge in [0.1, 0.15) is 4.60 Å². The molecule has 1 aromatic heterocycles. The van der Waals surface area contributed by atoms with E-state index in [9.17, 15) is 0 Å². The first-order chi connectivity index (χ1) is 5.24. The molecule has 0 aromatic carbocycles. The number of nitrogens with zero attached hydrogens (tertiary/aromatic N) is 2. The molecule has 0 spiro atoms. The summed E-state index contributed by atoms with van der Waals surface area (Å²) in [5.74, 6) is 0. The van der Waals surface area contributed by atoms with Gasteiger partial charge in [-0.1, -0.05) is 15.9 Å². The van der Waals surface area contributed by atoms with Crippen molar-refractivity contribution in [1.29, 1.82) is 0 Å². The fourth-order valence-electron chi connectivity index (χ4n) is 0.935. The zero-order valence-electron chi connectivity index (χ0n) is 6.35. The van der Waals surface area contributed by atoms with E-state index in [1.807, 2.05) is 17.9 Å². The molecule has 0 radical (unpaired) electrons. The van der Waals surface area contributed by atoms with Gasteiger partial charge in [0.15, 0.2) is 0 Å². The largest absolute Gasteiger partial charge is 0.274 e. The van der Waals surface area contributed by atoms with E-state index in [4.69, 9.17) is 0 Å². The molecule has 0 aliphatic carbocycles. The molecule has 1 heterocycles. The Morgan fingerprint density at radius 2 is 2.36 bits per heavy atom. The molecule has 0 fully saturated rings. The minimum Gasteiger partial charge on any atom is -0.274 e. The predicted octanol–water partition coefficient (Wildman–Crippen LogP) is 2.51. The third kappa shape index (κ3) is 2.60. The number of rotatable bonds is 3. The Morgan fingerprint density at radius 1 is 1.64 bits per heavy atom. The highest BCUT2D eigenvalue weighted by molar-refractivity contribution is 9.10. The van der Waals surface area contributed by atoms with E-state index in [-0.39, 0.29) is 0 Å². The van der Waals surface area contributed by atoms with E-state index in [2.05, 4.69) is 37.0 Å². The van der Waals surface area contributed by atoms with Crippen LogP contribution in [0.4, 0.5) is 0 Å². The van der Waals surface area contributed by atoms with Gasteiger partial charge in [-0.05, 0) is 28.8 Å². The highest BCUT2D eigenvalue weighted by Gasteiger charge is 2.02. The maximum absolute atomic E-state index is 4.18. The van der Waals surface area contributed by atoms with Crippen LogP contribution < -0.4 is 0 Å². The smallest absolute Gasteiger partial charge is 0.131 e. The van der Waals surface area contributed by atoms with Crippen molar-refractivity contribution in [2.45, 2.75) is 12.8 Å². The Bertz CT molecular complexity index is 232. The molecule has 0 amide bonds. The molecule has 0 atom stereocenters. The third-order valence-corrected chi connectivity index (χ3v) is 2.66. The minimum atomic E-state index is 0.973. The fraction of sp³-hybridized carbons (Fsp3) is 0.571. The average molecular weight is 282 g/mol. The average Bonchev–Trinajstić information content (AvgIpc) is 2.26. The second-order valence-corrected chi connectivity index (χ2v) is 3.96. The number of halogens is 2. The zero-order valence-corrected chi connectivity index (χ0v) is 9.52. The molecule has 11 heavy (non-hydrogen) atoms. The molecular weight excluding hydrogens is 272 g/mol. The van der Waals surface area contributed by atoms with Crippen LogP contribution in [0.25, 0.3) is 0 Å². The van der Waals surface area contributed by atoms with Gasteiger partial charge >= 0.3 is 0 Å². The predicted molar refractivity (Wildman–Crippen MR) is 53.0 cm³/mol. The van der Waals surface area contributed by atoms with E-state index < -0.39 is 0 Å². The normalized spacial score (nSPS) is 10.5. The van der Waals surface area contributed by atoms with Crippen LogP contribution in [0, 0.1) is 0 Å². The van der Waals surface area contributed by atoms with Crippen LogP contribution in [-0.4, -0.2) is 15.1 Å². The van der Waals surface area contributed by atoms with Gasteiger partial charge in [-0.2, -0.15) is 5.10 Å². The summed E-state index contributed by atoms with van der Waals surface area (Å²) in [6.45, 7) is 0. The van der Waals surface area contributed by atoms with Crippen LogP contribution in [0.1, 0.15) is 12.0 Å². The highest BCUT2D eigenvalue weighted by Crippen LogP contribution is 2.15. The second-order valence-electron chi connectivity index (χ2n) is 2.41. The molecule has 0 bridgehead atoms. The SMILES string of the molecule is Cn1cc(CCCBr)c(Br)n1. The molecule has 0 aliphatic rings. The van der Waals surface area contributed by atoms with Crippen LogP contribution in [0.15, 0.2) is 10.8 Å². The number of aryl methyl sites for hydroxylation is 2. The fourth-order valence-corrected chi connectivity index (χ4v) is 1.77. The molecule has 2 nitrogen and oxygen atoms in total. The van der Waals surface area contributed by atoms with Crippen molar-refractivity contribution in [3.8, 4) is 0 Å². The molecule has 1 rings (SSSR count). The highest BCUT2D eigenvalue weighted by atomic mass is 79.9. The van der Waals surface area contributed by atoms with Crippen LogP contribution in [0.3, 0.4) is 0 Å². The third-order valence-electron chi connectivity index (χ3n) is 1.43. The van der Waals surface area contributed by atoms with E-state index in [0.29, 0.717) is 0 Å². The lowest BCUT2D eigenvalue weighted by molar-refractivity contribution is 0.760. The summed E-state index contributed by atoms with van der Waals surface area (Å²) in [4.78, 5) is 0. The van der Waals surface area contributed by atoms with Gasteiger partial charge in [0.25, 0.3) is 0 Å². The van der Waals surface area contributed by atoms with Crippen molar-refractivity contribution in [3.05, 3.63) is 16.4 Å². The number of hydrogen-bond acceptors (Lipinski definition) is 1. The van der Waals surface area contributed by atoms with Gasteiger partial charge in [-0.3, -0.25) is 4.68 Å². The van der Waals surface area contributed by atoms with Crippen molar-refractivity contribution in [1.82, 2.24) is 9.78 Å². The van der Waals surface area contributed by atoms with Crippen molar-refractivity contribution >= 4 is 31.9 Å². The summed E-state index contributed by atoms with van der Waals surface area (Å²) in [6, 6.07) is 0. The maximum Gasteiger partial charge on any atom is 0.131 e. The monoisotopic (exact) mass is 280 g/mol. The van der Waals surface area contributed by atoms with Gasteiger partial charge in [0, 0.05) is 24.1 Å². The zero-order chi connectivity index (χ0) is 8.27. The Kier molecular flexibility index (Phi) is 3.59. The van der Waals surface area contributed by atoms with E-state index in [1.165, 1.54) is 5.56 Å². The van der Waals surface area contributed by atoms with Gasteiger partial charge in [0.05, 0.1) is 0 Å². The van der Waals surface area contributed by atoms with E-state index in [0.717, 1.165) is 22.8 Å². The summed E-state index contributed by atoms with van der Waals surface area (Å²) in [5, 5.41) is 5.23. The summed E-state index contributed by atoms with van der Waals surface area (Å²) in [7, 11) is 1.93. The molecule has 0 saturated carbocycles. The van der Waals surface area contributed by atoms with Gasteiger partial charge < -0.3 is 0 Å². The van der Waals surface area contributed by atoms with Crippen LogP contribution in [-0.2, 0) is 13.5 Å². The summed E-state index contributed by atoms with van der Waals surface area (Å²) >= 11 is 6.80. The first kappa shape index (κ1) is 9.26. The van der Waals surface area contributed by atoms with Crippen molar-refractivity contribution in [2.24, 2.45) is 7.05 Å². The van der Waals surface area contributed by atoms with Crippen molar-refractivity contribution in [2.75, 3.05) is 5.33 Å². The standard InChI is InChI=1S/C7H10Br2N2/c1-11-5-6(3-2-4-8)7(9)10-11/h5H,2-4H2,1H3. The molecule has 1 aromatic rings. The van der Waals surface area contributed by atoms with Gasteiger partial charge in [0.2, 0.25) is 0 Å². The lowest BCUT2D eigenvalue weighted by Gasteiger charge is -1.92. The topological polar surface area (TPSA) is 17.8 Å². The first-order valence-electron chi connectivity index (χ1n) is 3.48. The lowest BCUT2D eigenvalue weighted by Crippen LogP contribution is -1.85. The molecule has 0 N–H and O–H groups in total. The van der Waals surface area contributed by atoms with E-state index >= 15 is 0 Å². The Morgan fingerprint density at radius 3 is 2.82 bits per heavy atom. The van der Waals surface area contributed by atoms with Crippen LogP contribution in [0.2, 0.25) is 0 Å². The lowest BCUT2D eigenvalue weighted by atomic mass is 10.2. The maximum atomic E-state index is 4.18.